The number of hydrogen-bond donors (Lipinski definition) is 2. The molecule has 0 aromatic heterocycles. The lowest BCUT2D eigenvalue weighted by Gasteiger charge is -2.23. The van der Waals surface area contributed by atoms with Gasteiger partial charge in [0, 0.05) is 23.8 Å². The van der Waals surface area contributed by atoms with Gasteiger partial charge >= 0.3 is 0 Å². The quantitative estimate of drug-likeness (QED) is 0.895. The predicted molar refractivity (Wildman–Crippen MR) is 87.2 cm³/mol. The van der Waals surface area contributed by atoms with E-state index in [1.807, 2.05) is 12.1 Å². The van der Waals surface area contributed by atoms with E-state index in [9.17, 15) is 4.79 Å². The first kappa shape index (κ1) is 14.7. The highest BCUT2D eigenvalue weighted by atomic mass is 35.5. The highest BCUT2D eigenvalue weighted by Crippen LogP contribution is 2.44. The van der Waals surface area contributed by atoms with Crippen molar-refractivity contribution in [2.75, 3.05) is 11.9 Å². The minimum Gasteiger partial charge on any atom is -0.385 e. The summed E-state index contributed by atoms with van der Waals surface area (Å²) < 4.78 is 0. The Morgan fingerprint density at radius 1 is 1.19 bits per heavy atom. The predicted octanol–water partition coefficient (Wildman–Crippen LogP) is 3.38. The molecule has 21 heavy (non-hydrogen) atoms. The van der Waals surface area contributed by atoms with Crippen LogP contribution in [0.5, 0.6) is 0 Å². The molecule has 0 bridgehead atoms. The molecule has 2 aliphatic carbocycles. The van der Waals surface area contributed by atoms with Gasteiger partial charge in [-0.25, -0.2) is 0 Å². The van der Waals surface area contributed by atoms with Gasteiger partial charge < -0.3 is 10.6 Å². The molecular formula is C17H23ClN2O. The van der Waals surface area contributed by atoms with Crippen LogP contribution in [-0.4, -0.2) is 18.5 Å². The third-order valence-corrected chi connectivity index (χ3v) is 4.90. The summed E-state index contributed by atoms with van der Waals surface area (Å²) in [6, 6.07) is 6.51. The summed E-state index contributed by atoms with van der Waals surface area (Å²) in [5.74, 6) is 1.66. The molecule has 0 radical (unpaired) electrons. The molecule has 2 N–H and O–H groups in total. The molecule has 0 unspecified atom stereocenters. The van der Waals surface area contributed by atoms with E-state index in [0.717, 1.165) is 42.5 Å². The van der Waals surface area contributed by atoms with Gasteiger partial charge in [0.1, 0.15) is 0 Å². The summed E-state index contributed by atoms with van der Waals surface area (Å²) in [5, 5.41) is 6.74. The van der Waals surface area contributed by atoms with E-state index in [4.69, 9.17) is 0 Å². The first-order valence-corrected chi connectivity index (χ1v) is 7.99. The molecule has 114 valence electrons. The topological polar surface area (TPSA) is 41.1 Å². The molecule has 1 heterocycles. The summed E-state index contributed by atoms with van der Waals surface area (Å²) in [6.45, 7) is 1.02. The lowest BCUT2D eigenvalue weighted by atomic mass is 9.96. The van der Waals surface area contributed by atoms with Crippen LogP contribution in [0.1, 0.15) is 48.0 Å². The van der Waals surface area contributed by atoms with Crippen LogP contribution in [0.4, 0.5) is 5.69 Å². The molecule has 2 saturated carbocycles. The van der Waals surface area contributed by atoms with E-state index >= 15 is 0 Å². The van der Waals surface area contributed by atoms with E-state index in [2.05, 4.69) is 16.7 Å². The van der Waals surface area contributed by atoms with E-state index in [1.54, 1.807) is 0 Å². The van der Waals surface area contributed by atoms with Crippen LogP contribution in [0.25, 0.3) is 0 Å². The molecule has 1 aromatic carbocycles. The molecule has 4 rings (SSSR count). The Balaban J connectivity index is 0.00000132. The fourth-order valence-electron chi connectivity index (χ4n) is 3.48. The second-order valence-electron chi connectivity index (χ2n) is 6.54. The van der Waals surface area contributed by atoms with Crippen LogP contribution in [0, 0.1) is 11.8 Å². The number of benzene rings is 1. The number of nitrogens with one attached hydrogen (secondary N) is 2. The molecule has 0 saturated heterocycles. The van der Waals surface area contributed by atoms with Gasteiger partial charge in [0.25, 0.3) is 5.91 Å². The van der Waals surface area contributed by atoms with Crippen LogP contribution in [0.2, 0.25) is 0 Å². The average molecular weight is 307 g/mol. The van der Waals surface area contributed by atoms with Crippen LogP contribution in [0.3, 0.4) is 0 Å². The van der Waals surface area contributed by atoms with Gasteiger partial charge in [-0.05, 0) is 68.1 Å². The van der Waals surface area contributed by atoms with Gasteiger partial charge in [0.2, 0.25) is 0 Å². The molecule has 1 amide bonds. The number of halogens is 1. The Hall–Kier alpha value is -1.22. The standard InChI is InChI=1S/C17H22N2O.ClH/c20-17(19-16(11-6-7-11)12-8-9-12)14-3-1-5-15-13(14)4-2-10-18-15;/h1,3,5,11-12,16,18H,2,4,6-10H2,(H,19,20);1H. The third-order valence-electron chi connectivity index (χ3n) is 4.90. The zero-order valence-corrected chi connectivity index (χ0v) is 13.0. The van der Waals surface area contributed by atoms with Gasteiger partial charge in [-0.1, -0.05) is 6.07 Å². The van der Waals surface area contributed by atoms with Crippen molar-refractivity contribution in [1.82, 2.24) is 5.32 Å². The summed E-state index contributed by atoms with van der Waals surface area (Å²) >= 11 is 0. The van der Waals surface area contributed by atoms with Crippen LogP contribution in [-0.2, 0) is 6.42 Å². The number of anilines is 1. The Morgan fingerprint density at radius 3 is 2.57 bits per heavy atom. The molecule has 0 spiro atoms. The number of hydrogen-bond acceptors (Lipinski definition) is 2. The van der Waals surface area contributed by atoms with Gasteiger partial charge in [-0.3, -0.25) is 4.79 Å². The van der Waals surface area contributed by atoms with E-state index < -0.39 is 0 Å². The molecule has 2 fully saturated rings. The van der Waals surface area contributed by atoms with E-state index in [0.29, 0.717) is 6.04 Å². The van der Waals surface area contributed by atoms with Crippen molar-refractivity contribution in [1.29, 1.82) is 0 Å². The second-order valence-corrected chi connectivity index (χ2v) is 6.54. The highest BCUT2D eigenvalue weighted by Gasteiger charge is 2.42. The lowest BCUT2D eigenvalue weighted by Crippen LogP contribution is -2.38. The van der Waals surface area contributed by atoms with Crippen molar-refractivity contribution in [2.24, 2.45) is 11.8 Å². The number of fused-ring (bicyclic) bond motifs is 1. The maximum absolute atomic E-state index is 12.7. The first-order chi connectivity index (χ1) is 9.83. The van der Waals surface area contributed by atoms with Crippen molar-refractivity contribution in [3.63, 3.8) is 0 Å². The number of carbonyl (C=O) groups is 1. The smallest absolute Gasteiger partial charge is 0.251 e. The zero-order chi connectivity index (χ0) is 13.5. The molecule has 3 nitrogen and oxygen atoms in total. The molecule has 3 aliphatic rings. The van der Waals surface area contributed by atoms with E-state index in [-0.39, 0.29) is 18.3 Å². The zero-order valence-electron chi connectivity index (χ0n) is 12.2. The number of amides is 1. The molecule has 4 heteroatoms. The maximum atomic E-state index is 12.7. The highest BCUT2D eigenvalue weighted by molar-refractivity contribution is 5.97. The molecule has 1 aliphatic heterocycles. The van der Waals surface area contributed by atoms with Crippen molar-refractivity contribution in [3.05, 3.63) is 29.3 Å². The van der Waals surface area contributed by atoms with Gasteiger partial charge in [0.15, 0.2) is 0 Å². The first-order valence-electron chi connectivity index (χ1n) is 7.99. The third kappa shape index (κ3) is 3.03. The fraction of sp³-hybridized carbons (Fsp3) is 0.588. The minimum absolute atomic E-state index is 0. The largest absolute Gasteiger partial charge is 0.385 e. The van der Waals surface area contributed by atoms with Crippen molar-refractivity contribution >= 4 is 24.0 Å². The van der Waals surface area contributed by atoms with Crippen molar-refractivity contribution < 1.29 is 4.79 Å². The summed E-state index contributed by atoms with van der Waals surface area (Å²) in [6.07, 6.45) is 7.34. The SMILES string of the molecule is Cl.O=C(NC(C1CC1)C1CC1)c1cccc2c1CCCN2. The molecule has 0 atom stereocenters. The fourth-order valence-corrected chi connectivity index (χ4v) is 3.48. The van der Waals surface area contributed by atoms with Gasteiger partial charge in [-0.15, -0.1) is 12.4 Å². The second kappa shape index (κ2) is 5.88. The van der Waals surface area contributed by atoms with Crippen LogP contribution in [0.15, 0.2) is 18.2 Å². The Labute approximate surface area is 132 Å². The van der Waals surface area contributed by atoms with Crippen molar-refractivity contribution in [2.45, 2.75) is 44.6 Å². The number of carbonyl (C=O) groups excluding carboxylic acids is 1. The number of rotatable bonds is 4. The Morgan fingerprint density at radius 2 is 1.90 bits per heavy atom. The molecular weight excluding hydrogens is 284 g/mol. The Kier molecular flexibility index (Phi) is 4.12. The minimum atomic E-state index is 0. The average Bonchev–Trinajstić information content (AvgIpc) is 3.37. The maximum Gasteiger partial charge on any atom is 0.251 e. The van der Waals surface area contributed by atoms with E-state index in [1.165, 1.54) is 31.2 Å². The van der Waals surface area contributed by atoms with Crippen LogP contribution < -0.4 is 10.6 Å². The summed E-state index contributed by atoms with van der Waals surface area (Å²) in [5.41, 5.74) is 3.25. The Bertz CT molecular complexity index is 526. The monoisotopic (exact) mass is 306 g/mol. The lowest BCUT2D eigenvalue weighted by molar-refractivity contribution is 0.0925. The van der Waals surface area contributed by atoms with Crippen molar-refractivity contribution in [3.8, 4) is 0 Å². The summed E-state index contributed by atoms with van der Waals surface area (Å²) in [4.78, 5) is 12.7. The normalized spacial score (nSPS) is 20.2. The molecule has 1 aromatic rings. The van der Waals surface area contributed by atoms with Gasteiger partial charge in [0.05, 0.1) is 0 Å². The van der Waals surface area contributed by atoms with Crippen LogP contribution >= 0.6 is 12.4 Å². The van der Waals surface area contributed by atoms with Gasteiger partial charge in [-0.2, -0.15) is 0 Å². The summed E-state index contributed by atoms with van der Waals surface area (Å²) in [7, 11) is 0.